The first kappa shape index (κ1) is 12.2. The SMILES string of the molecule is Cc1cccc(CNC2C3CCOC3C2(C)C)c1. The average Bonchev–Trinajstić information content (AvgIpc) is 2.75. The van der Waals surface area contributed by atoms with Gasteiger partial charge in [-0.25, -0.2) is 0 Å². The zero-order chi connectivity index (χ0) is 12.8. The van der Waals surface area contributed by atoms with Crippen LogP contribution in [-0.4, -0.2) is 18.8 Å². The Balaban J connectivity index is 1.64. The molecule has 1 aromatic rings. The molecule has 1 N–H and O–H groups in total. The van der Waals surface area contributed by atoms with E-state index in [4.69, 9.17) is 4.74 Å². The Kier molecular flexibility index (Phi) is 2.95. The van der Waals surface area contributed by atoms with E-state index in [1.165, 1.54) is 17.5 Å². The molecule has 3 unspecified atom stereocenters. The molecule has 98 valence electrons. The molecule has 1 aromatic carbocycles. The van der Waals surface area contributed by atoms with Crippen molar-refractivity contribution in [3.8, 4) is 0 Å². The summed E-state index contributed by atoms with van der Waals surface area (Å²) in [6, 6.07) is 9.36. The van der Waals surface area contributed by atoms with Crippen LogP contribution in [0.25, 0.3) is 0 Å². The van der Waals surface area contributed by atoms with E-state index in [-0.39, 0.29) is 5.41 Å². The summed E-state index contributed by atoms with van der Waals surface area (Å²) in [6.07, 6.45) is 1.70. The fourth-order valence-corrected chi connectivity index (χ4v) is 3.79. The maximum Gasteiger partial charge on any atom is 0.0685 e. The van der Waals surface area contributed by atoms with Crippen molar-refractivity contribution < 1.29 is 4.74 Å². The average molecular weight is 245 g/mol. The molecule has 1 heterocycles. The molecule has 1 saturated carbocycles. The maximum absolute atomic E-state index is 5.83. The minimum atomic E-state index is 0.283. The van der Waals surface area contributed by atoms with Gasteiger partial charge in [0, 0.05) is 30.5 Å². The van der Waals surface area contributed by atoms with E-state index >= 15 is 0 Å². The summed E-state index contributed by atoms with van der Waals surface area (Å²) >= 11 is 0. The van der Waals surface area contributed by atoms with Crippen LogP contribution >= 0.6 is 0 Å². The van der Waals surface area contributed by atoms with Crippen LogP contribution in [0.4, 0.5) is 0 Å². The second-order valence-corrected chi connectivity index (χ2v) is 6.41. The van der Waals surface area contributed by atoms with Crippen LogP contribution in [0.5, 0.6) is 0 Å². The number of benzene rings is 1. The molecule has 0 spiro atoms. The van der Waals surface area contributed by atoms with E-state index in [9.17, 15) is 0 Å². The van der Waals surface area contributed by atoms with Gasteiger partial charge in [0.05, 0.1) is 6.10 Å². The highest BCUT2D eigenvalue weighted by molar-refractivity contribution is 5.22. The number of rotatable bonds is 3. The number of nitrogens with one attached hydrogen (secondary N) is 1. The van der Waals surface area contributed by atoms with Crippen LogP contribution in [0.15, 0.2) is 24.3 Å². The van der Waals surface area contributed by atoms with Gasteiger partial charge in [0.2, 0.25) is 0 Å². The highest BCUT2D eigenvalue weighted by Gasteiger charge is 2.58. The molecule has 3 rings (SSSR count). The Hall–Kier alpha value is -0.860. The summed E-state index contributed by atoms with van der Waals surface area (Å²) in [5.41, 5.74) is 3.00. The molecule has 3 atom stereocenters. The molecule has 0 amide bonds. The Morgan fingerprint density at radius 1 is 1.39 bits per heavy atom. The quantitative estimate of drug-likeness (QED) is 0.884. The lowest BCUT2D eigenvalue weighted by atomic mass is 9.57. The zero-order valence-corrected chi connectivity index (χ0v) is 11.6. The third-order valence-corrected chi connectivity index (χ3v) is 4.71. The lowest BCUT2D eigenvalue weighted by Gasteiger charge is -2.55. The first-order chi connectivity index (χ1) is 8.59. The van der Waals surface area contributed by atoms with E-state index in [2.05, 4.69) is 50.4 Å². The van der Waals surface area contributed by atoms with Gasteiger partial charge in [-0.2, -0.15) is 0 Å². The highest BCUT2D eigenvalue weighted by atomic mass is 16.5. The van der Waals surface area contributed by atoms with Crippen molar-refractivity contribution >= 4 is 0 Å². The molecular weight excluding hydrogens is 222 g/mol. The zero-order valence-electron chi connectivity index (χ0n) is 11.6. The second kappa shape index (κ2) is 4.36. The van der Waals surface area contributed by atoms with Gasteiger partial charge in [-0.15, -0.1) is 0 Å². The van der Waals surface area contributed by atoms with Gasteiger partial charge >= 0.3 is 0 Å². The number of fused-ring (bicyclic) bond motifs is 1. The van der Waals surface area contributed by atoms with E-state index in [1.54, 1.807) is 0 Å². The lowest BCUT2D eigenvalue weighted by Crippen LogP contribution is -2.65. The topological polar surface area (TPSA) is 21.3 Å². The van der Waals surface area contributed by atoms with E-state index < -0.39 is 0 Å². The van der Waals surface area contributed by atoms with Gasteiger partial charge in [0.1, 0.15) is 0 Å². The summed E-state index contributed by atoms with van der Waals surface area (Å²) in [5.74, 6) is 0.727. The van der Waals surface area contributed by atoms with Gasteiger partial charge in [-0.1, -0.05) is 43.7 Å². The minimum Gasteiger partial charge on any atom is -0.377 e. The van der Waals surface area contributed by atoms with E-state index in [0.717, 1.165) is 19.1 Å². The van der Waals surface area contributed by atoms with E-state index in [1.807, 2.05) is 0 Å². The second-order valence-electron chi connectivity index (χ2n) is 6.41. The number of ether oxygens (including phenoxy) is 1. The van der Waals surface area contributed by atoms with Gasteiger partial charge in [-0.05, 0) is 18.9 Å². The van der Waals surface area contributed by atoms with Crippen LogP contribution in [0, 0.1) is 18.3 Å². The van der Waals surface area contributed by atoms with Crippen LogP contribution < -0.4 is 5.32 Å². The monoisotopic (exact) mass is 245 g/mol. The Morgan fingerprint density at radius 3 is 3.00 bits per heavy atom. The molecular formula is C16H23NO. The van der Waals surface area contributed by atoms with Crippen LogP contribution in [0.3, 0.4) is 0 Å². The lowest BCUT2D eigenvalue weighted by molar-refractivity contribution is -0.113. The number of hydrogen-bond donors (Lipinski definition) is 1. The van der Waals surface area contributed by atoms with Crippen molar-refractivity contribution in [1.82, 2.24) is 5.32 Å². The molecule has 0 aromatic heterocycles. The minimum absolute atomic E-state index is 0.283. The largest absolute Gasteiger partial charge is 0.377 e. The Morgan fingerprint density at radius 2 is 2.22 bits per heavy atom. The fraction of sp³-hybridized carbons (Fsp3) is 0.625. The molecule has 1 aliphatic heterocycles. The summed E-state index contributed by atoms with van der Waals surface area (Å²) in [4.78, 5) is 0. The summed E-state index contributed by atoms with van der Waals surface area (Å²) < 4.78 is 5.83. The molecule has 1 saturated heterocycles. The molecule has 2 aliphatic rings. The van der Waals surface area contributed by atoms with Crippen molar-refractivity contribution in [3.63, 3.8) is 0 Å². The van der Waals surface area contributed by atoms with Crippen molar-refractivity contribution in [2.45, 2.75) is 45.9 Å². The summed E-state index contributed by atoms with van der Waals surface area (Å²) in [5, 5.41) is 3.74. The first-order valence-electron chi connectivity index (χ1n) is 6.99. The van der Waals surface area contributed by atoms with Crippen LogP contribution in [0.1, 0.15) is 31.4 Å². The van der Waals surface area contributed by atoms with Gasteiger partial charge in [0.25, 0.3) is 0 Å². The van der Waals surface area contributed by atoms with Crippen molar-refractivity contribution in [2.24, 2.45) is 11.3 Å². The summed E-state index contributed by atoms with van der Waals surface area (Å²) in [7, 11) is 0. The third kappa shape index (κ3) is 1.88. The third-order valence-electron chi connectivity index (χ3n) is 4.71. The molecule has 18 heavy (non-hydrogen) atoms. The van der Waals surface area contributed by atoms with Gasteiger partial charge < -0.3 is 10.1 Å². The molecule has 2 nitrogen and oxygen atoms in total. The molecule has 0 radical (unpaired) electrons. The summed E-state index contributed by atoms with van der Waals surface area (Å²) in [6.45, 7) is 8.72. The predicted molar refractivity (Wildman–Crippen MR) is 73.4 cm³/mol. The normalized spacial score (nSPS) is 32.9. The molecule has 2 fully saturated rings. The highest BCUT2D eigenvalue weighted by Crippen LogP contribution is 2.52. The maximum atomic E-state index is 5.83. The van der Waals surface area contributed by atoms with Crippen LogP contribution in [0.2, 0.25) is 0 Å². The fourth-order valence-electron chi connectivity index (χ4n) is 3.79. The van der Waals surface area contributed by atoms with Crippen LogP contribution in [-0.2, 0) is 11.3 Å². The predicted octanol–water partition coefficient (Wildman–Crippen LogP) is 2.90. The number of aryl methyl sites for hydroxylation is 1. The number of hydrogen-bond acceptors (Lipinski definition) is 2. The molecule has 2 heteroatoms. The molecule has 1 aliphatic carbocycles. The Bertz CT molecular complexity index is 440. The van der Waals surface area contributed by atoms with Crippen molar-refractivity contribution in [2.75, 3.05) is 6.61 Å². The van der Waals surface area contributed by atoms with Gasteiger partial charge in [-0.3, -0.25) is 0 Å². The smallest absolute Gasteiger partial charge is 0.0685 e. The Labute approximate surface area is 110 Å². The van der Waals surface area contributed by atoms with Crippen molar-refractivity contribution in [3.05, 3.63) is 35.4 Å². The van der Waals surface area contributed by atoms with E-state index in [0.29, 0.717) is 12.1 Å². The van der Waals surface area contributed by atoms with Crippen molar-refractivity contribution in [1.29, 1.82) is 0 Å². The standard InChI is InChI=1S/C16H23NO/c1-11-5-4-6-12(9-11)10-17-14-13-7-8-18-15(13)16(14,2)3/h4-6,9,13-15,17H,7-8,10H2,1-3H3. The van der Waals surface area contributed by atoms with Gasteiger partial charge in [0.15, 0.2) is 0 Å². The molecule has 0 bridgehead atoms. The first-order valence-corrected chi connectivity index (χ1v) is 6.99.